The third-order valence-corrected chi connectivity index (χ3v) is 14.7. The highest BCUT2D eigenvalue weighted by Gasteiger charge is 2.53. The molecule has 9 aromatic rings. The number of anilines is 3. The van der Waals surface area contributed by atoms with Crippen molar-refractivity contribution in [3.8, 4) is 50.6 Å². The Balaban J connectivity index is 1.11. The Hall–Kier alpha value is -8.14. The highest BCUT2D eigenvalue weighted by Crippen LogP contribution is 2.65. The Labute approximate surface area is 392 Å². The van der Waals surface area contributed by atoms with Gasteiger partial charge in [0.2, 0.25) is 0 Å². The molecule has 1 unspecified atom stereocenters. The first-order valence-corrected chi connectivity index (χ1v) is 23.6. The molecule has 0 saturated carbocycles. The van der Waals surface area contributed by atoms with Crippen molar-refractivity contribution in [1.29, 1.82) is 0 Å². The third kappa shape index (κ3) is 5.46. The maximum atomic E-state index is 6.73. The average molecular weight is 862 g/mol. The topological polar surface area (TPSA) is 21.7 Å². The van der Waals surface area contributed by atoms with Gasteiger partial charge < -0.3 is 14.4 Å². The van der Waals surface area contributed by atoms with Gasteiger partial charge in [-0.2, -0.15) is 0 Å². The first-order valence-electron chi connectivity index (χ1n) is 23.6. The number of ether oxygens (including phenoxy) is 2. The predicted octanol–water partition coefficient (Wildman–Crippen LogP) is 16.6. The second-order valence-corrected chi connectivity index (χ2v) is 18.1. The number of para-hydroxylation sites is 4. The fourth-order valence-electron chi connectivity index (χ4n) is 12.1. The van der Waals surface area contributed by atoms with Crippen LogP contribution in [-0.2, 0) is 10.8 Å². The zero-order valence-electron chi connectivity index (χ0n) is 37.5. The molecular formula is C64H47NO2. The van der Waals surface area contributed by atoms with E-state index in [0.29, 0.717) is 0 Å². The summed E-state index contributed by atoms with van der Waals surface area (Å²) in [7, 11) is 0. The van der Waals surface area contributed by atoms with Gasteiger partial charge in [0.05, 0.1) is 22.2 Å². The lowest BCUT2D eigenvalue weighted by molar-refractivity contribution is 0.387. The Morgan fingerprint density at radius 2 is 0.955 bits per heavy atom. The van der Waals surface area contributed by atoms with Crippen LogP contribution in [0, 0.1) is 0 Å². The summed E-state index contributed by atoms with van der Waals surface area (Å²) in [5, 5.41) is 0. The molecule has 4 aliphatic rings. The molecule has 3 heteroatoms. The van der Waals surface area contributed by atoms with Gasteiger partial charge in [-0.3, -0.25) is 0 Å². The number of benzene rings is 9. The molecule has 2 aliphatic carbocycles. The molecule has 0 saturated heterocycles. The zero-order chi connectivity index (χ0) is 44.7. The number of fused-ring (bicyclic) bond motifs is 16. The molecule has 0 radical (unpaired) electrons. The van der Waals surface area contributed by atoms with Gasteiger partial charge in [-0.25, -0.2) is 0 Å². The summed E-state index contributed by atoms with van der Waals surface area (Å²) in [6.07, 6.45) is 6.73. The monoisotopic (exact) mass is 861 g/mol. The standard InChI is InChI=1S/C64H47NO2/c1-3-4-6-27-49-42(2)66-59-36-18-14-30-53(59)63(49)50-28-12-9-25-46(50)48-41-44(39-40-52(48)63)65(57-34-17-11-24-45(57)43-22-7-5-8-23-43)58-35-21-33-56-62(58)47-26-10-13-29-51(47)64(56)54-31-15-19-37-60(54)67-61-38-20-16-32-55(61)64/h5-41H,3-4H2,1-2H3/b27-6-. The summed E-state index contributed by atoms with van der Waals surface area (Å²) in [6, 6.07) is 77.8. The Morgan fingerprint density at radius 1 is 0.433 bits per heavy atom. The minimum Gasteiger partial charge on any atom is -0.461 e. The summed E-state index contributed by atoms with van der Waals surface area (Å²) in [4.78, 5) is 2.53. The number of hydrogen-bond acceptors (Lipinski definition) is 3. The van der Waals surface area contributed by atoms with Crippen molar-refractivity contribution in [1.82, 2.24) is 0 Å². The van der Waals surface area contributed by atoms with Gasteiger partial charge in [-0.05, 0) is 100 Å². The van der Waals surface area contributed by atoms with Gasteiger partial charge in [0.1, 0.15) is 23.0 Å². The van der Waals surface area contributed by atoms with Crippen molar-refractivity contribution in [2.75, 3.05) is 4.90 Å². The molecule has 0 aromatic heterocycles. The lowest BCUT2D eigenvalue weighted by Gasteiger charge is -2.40. The van der Waals surface area contributed by atoms with Gasteiger partial charge >= 0.3 is 0 Å². The molecule has 0 N–H and O–H groups in total. The van der Waals surface area contributed by atoms with Crippen LogP contribution >= 0.6 is 0 Å². The van der Waals surface area contributed by atoms with E-state index in [9.17, 15) is 0 Å². The van der Waals surface area contributed by atoms with E-state index in [2.05, 4.69) is 243 Å². The van der Waals surface area contributed by atoms with Gasteiger partial charge in [-0.15, -0.1) is 0 Å². The van der Waals surface area contributed by atoms with Gasteiger partial charge in [0.25, 0.3) is 0 Å². The Kier molecular flexibility index (Phi) is 8.92. The number of hydrogen-bond donors (Lipinski definition) is 0. The summed E-state index contributed by atoms with van der Waals surface area (Å²) in [6.45, 7) is 4.37. The Morgan fingerprint density at radius 3 is 1.66 bits per heavy atom. The van der Waals surface area contributed by atoms with Crippen LogP contribution in [0.4, 0.5) is 17.1 Å². The molecule has 2 heterocycles. The van der Waals surface area contributed by atoms with Gasteiger partial charge in [-0.1, -0.05) is 195 Å². The summed E-state index contributed by atoms with van der Waals surface area (Å²) < 4.78 is 13.4. The molecule has 3 nitrogen and oxygen atoms in total. The number of allylic oxidation sites excluding steroid dienone is 4. The number of nitrogens with zero attached hydrogens (tertiary/aromatic N) is 1. The molecule has 1 atom stereocenters. The van der Waals surface area contributed by atoms with Crippen LogP contribution in [-0.4, -0.2) is 0 Å². The first-order chi connectivity index (χ1) is 33.1. The maximum absolute atomic E-state index is 6.73. The van der Waals surface area contributed by atoms with Crippen molar-refractivity contribution in [3.63, 3.8) is 0 Å². The van der Waals surface area contributed by atoms with E-state index in [1.165, 1.54) is 55.6 Å². The van der Waals surface area contributed by atoms with Crippen LogP contribution in [0.2, 0.25) is 0 Å². The highest BCUT2D eigenvalue weighted by molar-refractivity contribution is 6.01. The normalized spacial score (nSPS) is 16.3. The molecule has 320 valence electrons. The van der Waals surface area contributed by atoms with E-state index in [4.69, 9.17) is 9.47 Å². The SMILES string of the molecule is CCC/C=C\C1=C(C)Oc2ccccc2C12c1ccccc1-c1cc(N(c3ccccc3-c3ccccc3)c3cccc4c3-c3ccccc3C43c4ccccc4Oc4ccccc43)ccc12. The van der Waals surface area contributed by atoms with E-state index in [1.807, 2.05) is 0 Å². The summed E-state index contributed by atoms with van der Waals surface area (Å²) in [5.41, 5.74) is 19.0. The third-order valence-electron chi connectivity index (χ3n) is 14.7. The van der Waals surface area contributed by atoms with Crippen LogP contribution < -0.4 is 14.4 Å². The molecule has 0 fully saturated rings. The van der Waals surface area contributed by atoms with Crippen molar-refractivity contribution in [2.24, 2.45) is 0 Å². The first kappa shape index (κ1) is 39.2. The molecule has 13 rings (SSSR count). The van der Waals surface area contributed by atoms with E-state index < -0.39 is 10.8 Å². The highest BCUT2D eigenvalue weighted by atomic mass is 16.5. The second kappa shape index (κ2) is 15.2. The molecule has 67 heavy (non-hydrogen) atoms. The van der Waals surface area contributed by atoms with Crippen LogP contribution in [0.5, 0.6) is 17.2 Å². The number of rotatable bonds is 7. The molecule has 0 bridgehead atoms. The zero-order valence-corrected chi connectivity index (χ0v) is 37.5. The van der Waals surface area contributed by atoms with E-state index in [1.54, 1.807) is 0 Å². The van der Waals surface area contributed by atoms with Crippen LogP contribution in [0.15, 0.2) is 236 Å². The minimum atomic E-state index is -0.608. The Bertz CT molecular complexity index is 3480. The van der Waals surface area contributed by atoms with E-state index in [-0.39, 0.29) is 0 Å². The van der Waals surface area contributed by atoms with Crippen LogP contribution in [0.3, 0.4) is 0 Å². The minimum absolute atomic E-state index is 0.566. The predicted molar refractivity (Wildman–Crippen MR) is 273 cm³/mol. The molecule has 2 spiro atoms. The lowest BCUT2D eigenvalue weighted by Crippen LogP contribution is -2.33. The fraction of sp³-hybridized carbons (Fsp3) is 0.0938. The smallest absolute Gasteiger partial charge is 0.132 e. The van der Waals surface area contributed by atoms with Crippen LogP contribution in [0.25, 0.3) is 33.4 Å². The van der Waals surface area contributed by atoms with Gasteiger partial charge in [0.15, 0.2) is 0 Å². The number of unbranched alkanes of at least 4 members (excludes halogenated alkanes) is 1. The quantitative estimate of drug-likeness (QED) is 0.159. The molecule has 9 aromatic carbocycles. The largest absolute Gasteiger partial charge is 0.461 e. The second-order valence-electron chi connectivity index (χ2n) is 18.1. The lowest BCUT2D eigenvalue weighted by atomic mass is 9.65. The van der Waals surface area contributed by atoms with Crippen molar-refractivity contribution in [3.05, 3.63) is 275 Å². The van der Waals surface area contributed by atoms with E-state index in [0.717, 1.165) is 75.2 Å². The fourth-order valence-corrected chi connectivity index (χ4v) is 12.1. The molecular weight excluding hydrogens is 815 g/mol. The van der Waals surface area contributed by atoms with E-state index >= 15 is 0 Å². The molecule has 0 amide bonds. The van der Waals surface area contributed by atoms with Crippen LogP contribution in [0.1, 0.15) is 65.6 Å². The molecule has 2 aliphatic heterocycles. The maximum Gasteiger partial charge on any atom is 0.132 e. The summed E-state index contributed by atoms with van der Waals surface area (Å²) >= 11 is 0. The average Bonchev–Trinajstić information content (AvgIpc) is 3.84. The van der Waals surface area contributed by atoms with Crippen molar-refractivity contribution in [2.45, 2.75) is 37.5 Å². The van der Waals surface area contributed by atoms with Crippen molar-refractivity contribution >= 4 is 17.1 Å². The van der Waals surface area contributed by atoms with Gasteiger partial charge in [0, 0.05) is 39.1 Å². The summed E-state index contributed by atoms with van der Waals surface area (Å²) in [5.74, 6) is 3.60. The van der Waals surface area contributed by atoms with Crippen molar-refractivity contribution < 1.29 is 9.47 Å².